The van der Waals surface area contributed by atoms with Gasteiger partial charge in [-0.25, -0.2) is 4.98 Å². The number of anilines is 1. The maximum atomic E-state index is 13.1. The molecule has 1 aliphatic heterocycles. The number of aryl methyl sites for hydroxylation is 3. The number of fused-ring (bicyclic) bond motifs is 1. The normalized spacial score (nSPS) is 13.3. The lowest BCUT2D eigenvalue weighted by molar-refractivity contribution is 0.0945. The number of nitrogens with one attached hydrogen (secondary N) is 2. The molecule has 0 unspecified atom stereocenters. The van der Waals surface area contributed by atoms with Crippen molar-refractivity contribution in [3.05, 3.63) is 46.0 Å². The third-order valence-corrected chi connectivity index (χ3v) is 5.30. The summed E-state index contributed by atoms with van der Waals surface area (Å²) in [6, 6.07) is 4.10. The number of amides is 2. The number of carbonyl (C=O) groups excluding carboxylic acids is 2. The highest BCUT2D eigenvalue weighted by Gasteiger charge is 2.27. The van der Waals surface area contributed by atoms with Gasteiger partial charge in [-0.2, -0.15) is 0 Å². The number of hydrogen-bond acceptors (Lipinski definition) is 4. The summed E-state index contributed by atoms with van der Waals surface area (Å²) in [5, 5.41) is 5.94. The predicted octanol–water partition coefficient (Wildman–Crippen LogP) is 2.69. The minimum Gasteiger partial charge on any atom is -0.349 e. The van der Waals surface area contributed by atoms with Crippen LogP contribution in [0.15, 0.2) is 12.1 Å². The van der Waals surface area contributed by atoms with Crippen molar-refractivity contribution in [3.8, 4) is 0 Å². The standard InChI is InChI=1S/C22H31N5O2/c1-14-12-15(2)18(16(3)13-14)25-22(29)20-24-19(17-8-6-7-10-27(17)20)21(28)23-9-11-26(4)5/h12-13H,6-11H2,1-5H3,(H,23,28)(H,25,29). The zero-order valence-electron chi connectivity index (χ0n) is 18.1. The number of benzene rings is 1. The molecule has 2 N–H and O–H groups in total. The van der Waals surface area contributed by atoms with Crippen molar-refractivity contribution < 1.29 is 9.59 Å². The van der Waals surface area contributed by atoms with Crippen LogP contribution in [0.2, 0.25) is 0 Å². The molecular formula is C22H31N5O2. The molecule has 0 atom stereocenters. The molecular weight excluding hydrogens is 366 g/mol. The Morgan fingerprint density at radius 2 is 1.79 bits per heavy atom. The van der Waals surface area contributed by atoms with Crippen LogP contribution in [0.1, 0.15) is 56.3 Å². The molecule has 2 heterocycles. The van der Waals surface area contributed by atoms with E-state index in [4.69, 9.17) is 0 Å². The van der Waals surface area contributed by atoms with Crippen LogP contribution in [-0.2, 0) is 13.0 Å². The van der Waals surface area contributed by atoms with E-state index >= 15 is 0 Å². The highest BCUT2D eigenvalue weighted by atomic mass is 16.2. The molecule has 0 radical (unpaired) electrons. The molecule has 1 aromatic heterocycles. The molecule has 0 saturated heterocycles. The maximum Gasteiger partial charge on any atom is 0.291 e. The van der Waals surface area contributed by atoms with E-state index < -0.39 is 0 Å². The van der Waals surface area contributed by atoms with Gasteiger partial charge in [0.1, 0.15) is 5.69 Å². The molecule has 29 heavy (non-hydrogen) atoms. The first kappa shape index (κ1) is 21.0. The topological polar surface area (TPSA) is 79.3 Å². The molecule has 2 aromatic rings. The average molecular weight is 398 g/mol. The number of aromatic nitrogens is 2. The molecule has 0 bridgehead atoms. The summed E-state index contributed by atoms with van der Waals surface area (Å²) in [7, 11) is 3.92. The lowest BCUT2D eigenvalue weighted by atomic mass is 10.1. The smallest absolute Gasteiger partial charge is 0.291 e. The Morgan fingerprint density at radius 1 is 1.10 bits per heavy atom. The first-order chi connectivity index (χ1) is 13.8. The van der Waals surface area contributed by atoms with E-state index in [0.717, 1.165) is 53.9 Å². The van der Waals surface area contributed by atoms with Crippen molar-refractivity contribution >= 4 is 17.5 Å². The largest absolute Gasteiger partial charge is 0.349 e. The second-order valence-corrected chi connectivity index (χ2v) is 8.13. The molecule has 2 amide bonds. The van der Waals surface area contributed by atoms with Gasteiger partial charge in [-0.15, -0.1) is 0 Å². The van der Waals surface area contributed by atoms with E-state index in [1.807, 2.05) is 56.5 Å². The Labute approximate surface area is 172 Å². The third kappa shape index (κ3) is 4.67. The van der Waals surface area contributed by atoms with Crippen molar-refractivity contribution in [2.75, 3.05) is 32.5 Å². The van der Waals surface area contributed by atoms with Crippen molar-refractivity contribution in [2.24, 2.45) is 0 Å². The Bertz CT molecular complexity index is 907. The van der Waals surface area contributed by atoms with Gasteiger partial charge in [-0.3, -0.25) is 9.59 Å². The van der Waals surface area contributed by atoms with Crippen molar-refractivity contribution in [1.82, 2.24) is 19.8 Å². The molecule has 156 valence electrons. The van der Waals surface area contributed by atoms with Gasteiger partial charge >= 0.3 is 0 Å². The van der Waals surface area contributed by atoms with Gasteiger partial charge in [-0.1, -0.05) is 17.7 Å². The molecule has 3 rings (SSSR count). The first-order valence-corrected chi connectivity index (χ1v) is 10.2. The molecule has 0 fully saturated rings. The number of hydrogen-bond donors (Lipinski definition) is 2. The van der Waals surface area contributed by atoms with Crippen LogP contribution in [0.4, 0.5) is 5.69 Å². The molecule has 7 nitrogen and oxygen atoms in total. The van der Waals surface area contributed by atoms with Crippen LogP contribution in [0.25, 0.3) is 0 Å². The number of nitrogens with zero attached hydrogens (tertiary/aromatic N) is 3. The van der Waals surface area contributed by atoms with Gasteiger partial charge in [0.05, 0.1) is 5.69 Å². The summed E-state index contributed by atoms with van der Waals surface area (Å²) in [5.74, 6) is -0.161. The van der Waals surface area contributed by atoms with Gasteiger partial charge in [0.15, 0.2) is 5.82 Å². The number of imidazole rings is 1. The molecule has 1 aromatic carbocycles. The minimum absolute atomic E-state index is 0.209. The average Bonchev–Trinajstić information content (AvgIpc) is 3.04. The van der Waals surface area contributed by atoms with Crippen LogP contribution in [0.3, 0.4) is 0 Å². The van der Waals surface area contributed by atoms with Crippen LogP contribution in [0.5, 0.6) is 0 Å². The summed E-state index contributed by atoms with van der Waals surface area (Å²) in [6.45, 7) is 8.02. The van der Waals surface area contributed by atoms with Gasteiger partial charge in [0.25, 0.3) is 11.8 Å². The zero-order valence-corrected chi connectivity index (χ0v) is 18.1. The monoisotopic (exact) mass is 397 g/mol. The lowest BCUT2D eigenvalue weighted by Gasteiger charge is -2.18. The Kier molecular flexibility index (Phi) is 6.37. The van der Waals surface area contributed by atoms with Crippen molar-refractivity contribution in [3.63, 3.8) is 0 Å². The maximum absolute atomic E-state index is 13.1. The van der Waals surface area contributed by atoms with E-state index in [1.165, 1.54) is 0 Å². The lowest BCUT2D eigenvalue weighted by Crippen LogP contribution is -2.32. The molecule has 1 aliphatic rings. The van der Waals surface area contributed by atoms with E-state index in [2.05, 4.69) is 15.6 Å². The minimum atomic E-state index is -0.268. The Hall–Kier alpha value is -2.67. The van der Waals surface area contributed by atoms with E-state index in [1.54, 1.807) is 0 Å². The Balaban J connectivity index is 1.87. The zero-order chi connectivity index (χ0) is 21.1. The highest BCUT2D eigenvalue weighted by molar-refractivity contribution is 6.04. The number of likely N-dealkylation sites (N-methyl/N-ethyl adjacent to an activating group) is 1. The summed E-state index contributed by atoms with van der Waals surface area (Å²) < 4.78 is 1.92. The van der Waals surface area contributed by atoms with Gasteiger partial charge in [-0.05, 0) is 65.3 Å². The van der Waals surface area contributed by atoms with Crippen LogP contribution >= 0.6 is 0 Å². The van der Waals surface area contributed by atoms with E-state index in [-0.39, 0.29) is 11.8 Å². The van der Waals surface area contributed by atoms with Gasteiger partial charge in [0.2, 0.25) is 0 Å². The third-order valence-electron chi connectivity index (χ3n) is 5.30. The quantitative estimate of drug-likeness (QED) is 0.786. The summed E-state index contributed by atoms with van der Waals surface area (Å²) in [4.78, 5) is 32.3. The summed E-state index contributed by atoms with van der Waals surface area (Å²) >= 11 is 0. The number of rotatable bonds is 6. The SMILES string of the molecule is Cc1cc(C)c(NC(=O)c2nc(C(=O)NCCN(C)C)c3n2CCCC3)c(C)c1. The van der Waals surface area contributed by atoms with Gasteiger partial charge in [0, 0.05) is 25.3 Å². The van der Waals surface area contributed by atoms with E-state index in [9.17, 15) is 9.59 Å². The second kappa shape index (κ2) is 8.78. The molecule has 0 saturated carbocycles. The second-order valence-electron chi connectivity index (χ2n) is 8.13. The van der Waals surface area contributed by atoms with Crippen molar-refractivity contribution in [1.29, 1.82) is 0 Å². The highest BCUT2D eigenvalue weighted by Crippen LogP contribution is 2.25. The molecule has 0 aliphatic carbocycles. The summed E-state index contributed by atoms with van der Waals surface area (Å²) in [5.41, 5.74) is 5.25. The molecule has 7 heteroatoms. The molecule has 0 spiro atoms. The summed E-state index contributed by atoms with van der Waals surface area (Å²) in [6.07, 6.45) is 2.74. The fourth-order valence-electron chi connectivity index (χ4n) is 3.92. The first-order valence-electron chi connectivity index (χ1n) is 10.2. The van der Waals surface area contributed by atoms with E-state index in [0.29, 0.717) is 24.6 Å². The fraction of sp³-hybridized carbons (Fsp3) is 0.500. The fourth-order valence-corrected chi connectivity index (χ4v) is 3.92. The van der Waals surface area contributed by atoms with Crippen LogP contribution in [-0.4, -0.2) is 53.5 Å². The number of carbonyl (C=O) groups is 2. The van der Waals surface area contributed by atoms with Crippen molar-refractivity contribution in [2.45, 2.75) is 46.6 Å². The van der Waals surface area contributed by atoms with Crippen LogP contribution in [0, 0.1) is 20.8 Å². The van der Waals surface area contributed by atoms with Crippen LogP contribution < -0.4 is 10.6 Å². The van der Waals surface area contributed by atoms with Gasteiger partial charge < -0.3 is 20.1 Å². The predicted molar refractivity (Wildman–Crippen MR) is 115 cm³/mol. The Morgan fingerprint density at radius 3 is 2.45 bits per heavy atom.